The SMILES string of the molecule is CN=C(NCCc1ccc(C(=O)OC)cc1)N1CCN(c2ncccn2)CC1. The third kappa shape index (κ3) is 4.97. The van der Waals surface area contributed by atoms with Gasteiger partial charge >= 0.3 is 5.97 Å². The van der Waals surface area contributed by atoms with Crippen LogP contribution in [0.25, 0.3) is 0 Å². The minimum Gasteiger partial charge on any atom is -0.465 e. The number of aliphatic imine (C=N–C) groups is 1. The van der Waals surface area contributed by atoms with E-state index in [2.05, 4.69) is 30.1 Å². The molecular weight excluding hydrogens is 356 g/mol. The lowest BCUT2D eigenvalue weighted by Crippen LogP contribution is -2.53. The molecule has 0 unspecified atom stereocenters. The number of carbonyl (C=O) groups is 1. The Morgan fingerprint density at radius 1 is 1.14 bits per heavy atom. The molecule has 148 valence electrons. The Kier molecular flexibility index (Phi) is 6.78. The summed E-state index contributed by atoms with van der Waals surface area (Å²) in [5.41, 5.74) is 1.72. The van der Waals surface area contributed by atoms with Crippen molar-refractivity contribution in [2.75, 3.05) is 51.8 Å². The van der Waals surface area contributed by atoms with Gasteiger partial charge in [0.1, 0.15) is 0 Å². The third-order valence-corrected chi connectivity index (χ3v) is 4.70. The smallest absolute Gasteiger partial charge is 0.337 e. The summed E-state index contributed by atoms with van der Waals surface area (Å²) in [7, 11) is 3.19. The Bertz CT molecular complexity index is 786. The molecule has 1 aromatic heterocycles. The molecule has 0 radical (unpaired) electrons. The number of nitrogens with zero attached hydrogens (tertiary/aromatic N) is 5. The summed E-state index contributed by atoms with van der Waals surface area (Å²) in [6.45, 7) is 4.23. The van der Waals surface area contributed by atoms with Gasteiger partial charge < -0.3 is 19.9 Å². The van der Waals surface area contributed by atoms with E-state index in [1.54, 1.807) is 31.6 Å². The van der Waals surface area contributed by atoms with Crippen molar-refractivity contribution < 1.29 is 9.53 Å². The van der Waals surface area contributed by atoms with E-state index in [0.717, 1.165) is 56.6 Å². The van der Waals surface area contributed by atoms with E-state index in [-0.39, 0.29) is 5.97 Å². The van der Waals surface area contributed by atoms with Crippen molar-refractivity contribution in [3.8, 4) is 0 Å². The summed E-state index contributed by atoms with van der Waals surface area (Å²) in [4.78, 5) is 29.0. The van der Waals surface area contributed by atoms with Gasteiger partial charge in [0, 0.05) is 52.2 Å². The van der Waals surface area contributed by atoms with Crippen LogP contribution >= 0.6 is 0 Å². The summed E-state index contributed by atoms with van der Waals surface area (Å²) in [6, 6.07) is 9.32. The second-order valence-electron chi connectivity index (χ2n) is 6.44. The highest BCUT2D eigenvalue weighted by atomic mass is 16.5. The molecule has 8 heteroatoms. The highest BCUT2D eigenvalue weighted by Crippen LogP contribution is 2.10. The Hall–Kier alpha value is -3.16. The number of hydrogen-bond donors (Lipinski definition) is 1. The van der Waals surface area contributed by atoms with Crippen molar-refractivity contribution in [1.82, 2.24) is 20.2 Å². The van der Waals surface area contributed by atoms with Crippen LogP contribution in [-0.2, 0) is 11.2 Å². The van der Waals surface area contributed by atoms with Crippen LogP contribution in [0.2, 0.25) is 0 Å². The first-order chi connectivity index (χ1) is 13.7. The fourth-order valence-corrected chi connectivity index (χ4v) is 3.15. The number of hydrogen-bond acceptors (Lipinski definition) is 6. The van der Waals surface area contributed by atoms with Crippen LogP contribution in [0, 0.1) is 0 Å². The number of guanidine groups is 1. The molecule has 0 amide bonds. The molecule has 2 aromatic rings. The molecule has 3 rings (SSSR count). The van der Waals surface area contributed by atoms with E-state index in [0.29, 0.717) is 5.56 Å². The van der Waals surface area contributed by atoms with Gasteiger partial charge in [0.15, 0.2) is 5.96 Å². The molecule has 1 N–H and O–H groups in total. The standard InChI is InChI=1S/C20H26N6O2/c1-21-19(24-11-8-16-4-6-17(7-5-16)18(27)28-2)25-12-14-26(15-13-25)20-22-9-3-10-23-20/h3-7,9-10H,8,11-15H2,1-2H3,(H,21,24). The quantitative estimate of drug-likeness (QED) is 0.473. The summed E-state index contributed by atoms with van der Waals surface area (Å²) in [5, 5.41) is 3.43. The fraction of sp³-hybridized carbons (Fsp3) is 0.400. The number of aromatic nitrogens is 2. The second-order valence-corrected chi connectivity index (χ2v) is 6.44. The van der Waals surface area contributed by atoms with Gasteiger partial charge in [0.2, 0.25) is 5.95 Å². The van der Waals surface area contributed by atoms with Crippen LogP contribution in [0.4, 0.5) is 5.95 Å². The number of benzene rings is 1. The first-order valence-electron chi connectivity index (χ1n) is 9.36. The number of ether oxygens (including phenoxy) is 1. The highest BCUT2D eigenvalue weighted by molar-refractivity contribution is 5.89. The van der Waals surface area contributed by atoms with Crippen LogP contribution in [0.5, 0.6) is 0 Å². The molecule has 0 saturated carbocycles. The molecule has 1 aliphatic rings. The largest absolute Gasteiger partial charge is 0.465 e. The second kappa shape index (κ2) is 9.68. The van der Waals surface area contributed by atoms with E-state index in [1.807, 2.05) is 18.2 Å². The first-order valence-corrected chi connectivity index (χ1v) is 9.36. The van der Waals surface area contributed by atoms with Crippen molar-refractivity contribution >= 4 is 17.9 Å². The van der Waals surface area contributed by atoms with Crippen molar-refractivity contribution in [1.29, 1.82) is 0 Å². The van der Waals surface area contributed by atoms with Gasteiger partial charge in [-0.25, -0.2) is 14.8 Å². The van der Waals surface area contributed by atoms with Gasteiger partial charge in [-0.2, -0.15) is 0 Å². The molecule has 0 atom stereocenters. The van der Waals surface area contributed by atoms with Crippen LogP contribution < -0.4 is 10.2 Å². The minimum absolute atomic E-state index is 0.315. The van der Waals surface area contributed by atoms with Gasteiger partial charge in [-0.15, -0.1) is 0 Å². The molecular formula is C20H26N6O2. The van der Waals surface area contributed by atoms with Crippen molar-refractivity contribution in [2.24, 2.45) is 4.99 Å². The van der Waals surface area contributed by atoms with Crippen molar-refractivity contribution in [3.05, 3.63) is 53.9 Å². The average Bonchev–Trinajstić information content (AvgIpc) is 2.77. The topological polar surface area (TPSA) is 83.0 Å². The number of rotatable bonds is 5. The zero-order valence-corrected chi connectivity index (χ0v) is 16.3. The fourth-order valence-electron chi connectivity index (χ4n) is 3.15. The molecule has 0 spiro atoms. The van der Waals surface area contributed by atoms with E-state index in [4.69, 9.17) is 4.74 Å². The van der Waals surface area contributed by atoms with Gasteiger partial charge in [-0.3, -0.25) is 4.99 Å². The molecule has 8 nitrogen and oxygen atoms in total. The first kappa shape index (κ1) is 19.6. The normalized spacial score (nSPS) is 14.7. The predicted molar refractivity (Wildman–Crippen MR) is 109 cm³/mol. The van der Waals surface area contributed by atoms with Crippen LogP contribution in [-0.4, -0.2) is 73.7 Å². The van der Waals surface area contributed by atoms with Gasteiger partial charge in [0.05, 0.1) is 12.7 Å². The molecule has 1 aromatic carbocycles. The van der Waals surface area contributed by atoms with E-state index in [1.165, 1.54) is 7.11 Å². The molecule has 2 heterocycles. The Morgan fingerprint density at radius 3 is 2.43 bits per heavy atom. The lowest BCUT2D eigenvalue weighted by Gasteiger charge is -2.36. The van der Waals surface area contributed by atoms with Gasteiger partial charge in [-0.05, 0) is 30.2 Å². The Labute approximate surface area is 165 Å². The zero-order chi connectivity index (χ0) is 19.8. The molecule has 1 fully saturated rings. The molecule has 28 heavy (non-hydrogen) atoms. The summed E-state index contributed by atoms with van der Waals surface area (Å²) >= 11 is 0. The molecule has 1 saturated heterocycles. The van der Waals surface area contributed by atoms with Crippen molar-refractivity contribution in [3.63, 3.8) is 0 Å². The van der Waals surface area contributed by atoms with Crippen LogP contribution in [0.1, 0.15) is 15.9 Å². The Morgan fingerprint density at radius 2 is 1.82 bits per heavy atom. The molecule has 1 aliphatic heterocycles. The minimum atomic E-state index is -0.315. The molecule has 0 bridgehead atoms. The monoisotopic (exact) mass is 382 g/mol. The number of anilines is 1. The Balaban J connectivity index is 1.46. The van der Waals surface area contributed by atoms with Crippen LogP contribution in [0.3, 0.4) is 0 Å². The van der Waals surface area contributed by atoms with Crippen LogP contribution in [0.15, 0.2) is 47.7 Å². The van der Waals surface area contributed by atoms with Crippen molar-refractivity contribution in [2.45, 2.75) is 6.42 Å². The van der Waals surface area contributed by atoms with E-state index >= 15 is 0 Å². The zero-order valence-electron chi connectivity index (χ0n) is 16.3. The maximum atomic E-state index is 11.5. The van der Waals surface area contributed by atoms with E-state index in [9.17, 15) is 4.79 Å². The summed E-state index contributed by atoms with van der Waals surface area (Å²) < 4.78 is 4.72. The number of nitrogens with one attached hydrogen (secondary N) is 1. The van der Waals surface area contributed by atoms with Gasteiger partial charge in [-0.1, -0.05) is 12.1 Å². The number of carbonyl (C=O) groups excluding carboxylic acids is 1. The van der Waals surface area contributed by atoms with Gasteiger partial charge in [0.25, 0.3) is 0 Å². The lowest BCUT2D eigenvalue weighted by molar-refractivity contribution is 0.0600. The maximum absolute atomic E-state index is 11.5. The predicted octanol–water partition coefficient (Wildman–Crippen LogP) is 1.20. The summed E-state index contributed by atoms with van der Waals surface area (Å²) in [6.07, 6.45) is 4.39. The maximum Gasteiger partial charge on any atom is 0.337 e. The number of methoxy groups -OCH3 is 1. The summed E-state index contributed by atoms with van der Waals surface area (Å²) in [5.74, 6) is 1.37. The number of piperazine rings is 1. The average molecular weight is 382 g/mol. The van der Waals surface area contributed by atoms with E-state index < -0.39 is 0 Å². The third-order valence-electron chi connectivity index (χ3n) is 4.70. The highest BCUT2D eigenvalue weighted by Gasteiger charge is 2.20. The molecule has 0 aliphatic carbocycles. The lowest BCUT2D eigenvalue weighted by atomic mass is 10.1. The number of esters is 1.